The maximum atomic E-state index is 11.9. The first-order chi connectivity index (χ1) is 12.1. The van der Waals surface area contributed by atoms with Gasteiger partial charge in [0.1, 0.15) is 0 Å². The van der Waals surface area contributed by atoms with E-state index in [4.69, 9.17) is 5.73 Å². The number of hydrogen-bond acceptors (Lipinski definition) is 2. The molecule has 26 heavy (non-hydrogen) atoms. The van der Waals surface area contributed by atoms with Crippen molar-refractivity contribution >= 4 is 34.8 Å². The zero-order chi connectivity index (χ0) is 18.1. The number of halogens is 1. The Bertz CT molecular complexity index is 687. The van der Waals surface area contributed by atoms with Gasteiger partial charge in [-0.3, -0.25) is 4.79 Å². The first-order valence-electron chi connectivity index (χ1n) is 9.73. The summed E-state index contributed by atoms with van der Waals surface area (Å²) in [6.45, 7) is 4.17. The molecule has 0 aliphatic carbocycles. The van der Waals surface area contributed by atoms with Gasteiger partial charge in [-0.15, -0.1) is 12.4 Å². The molecule has 2 aromatic rings. The Morgan fingerprint density at radius 3 is 2.35 bits per heavy atom. The van der Waals surface area contributed by atoms with E-state index in [9.17, 15) is 4.79 Å². The van der Waals surface area contributed by atoms with Crippen molar-refractivity contribution in [3.63, 3.8) is 0 Å². The highest BCUT2D eigenvalue weighted by atomic mass is 35.5. The van der Waals surface area contributed by atoms with Crippen molar-refractivity contribution in [1.29, 1.82) is 0 Å². The third-order valence-corrected chi connectivity index (χ3v) is 4.77. The molecule has 0 fully saturated rings. The van der Waals surface area contributed by atoms with Crippen molar-refractivity contribution in [2.75, 3.05) is 5.32 Å². The average molecular weight is 377 g/mol. The molecule has 2 aromatic carbocycles. The summed E-state index contributed by atoms with van der Waals surface area (Å²) in [7, 11) is 0. The molecule has 0 aliphatic heterocycles. The molecule has 3 nitrogen and oxygen atoms in total. The zero-order valence-electron chi connectivity index (χ0n) is 16.1. The van der Waals surface area contributed by atoms with E-state index >= 15 is 0 Å². The summed E-state index contributed by atoms with van der Waals surface area (Å²) in [4.78, 5) is 11.9. The van der Waals surface area contributed by atoms with Crippen LogP contribution < -0.4 is 11.1 Å². The molecule has 0 radical (unpaired) electrons. The van der Waals surface area contributed by atoms with Gasteiger partial charge in [0.05, 0.1) is 6.04 Å². The summed E-state index contributed by atoms with van der Waals surface area (Å²) >= 11 is 0. The number of hydrogen-bond donors (Lipinski definition) is 2. The molecule has 1 atom stereocenters. The van der Waals surface area contributed by atoms with Crippen LogP contribution in [0.4, 0.5) is 5.69 Å². The average Bonchev–Trinajstić information content (AvgIpc) is 2.63. The number of anilines is 1. The van der Waals surface area contributed by atoms with Gasteiger partial charge in [-0.25, -0.2) is 0 Å². The molecular weight excluding hydrogens is 344 g/mol. The number of aryl methyl sites for hydroxylation is 1. The number of rotatable bonds is 10. The lowest BCUT2D eigenvalue weighted by Gasteiger charge is -2.11. The second kappa shape index (κ2) is 11.9. The second-order valence-electron chi connectivity index (χ2n) is 6.92. The number of carbonyl (C=O) groups is 1. The third kappa shape index (κ3) is 6.97. The molecule has 0 saturated heterocycles. The van der Waals surface area contributed by atoms with Gasteiger partial charge >= 0.3 is 0 Å². The van der Waals surface area contributed by atoms with Crippen LogP contribution in [0.5, 0.6) is 0 Å². The first-order valence-corrected chi connectivity index (χ1v) is 9.73. The van der Waals surface area contributed by atoms with E-state index in [2.05, 4.69) is 36.5 Å². The molecule has 3 N–H and O–H groups in total. The highest BCUT2D eigenvalue weighted by molar-refractivity contribution is 5.97. The fraction of sp³-hybridized carbons (Fsp3) is 0.500. The minimum absolute atomic E-state index is 0. The van der Waals surface area contributed by atoms with Gasteiger partial charge in [-0.2, -0.15) is 0 Å². The Kier molecular flexibility index (Phi) is 10.3. The topological polar surface area (TPSA) is 55.1 Å². The fourth-order valence-corrected chi connectivity index (χ4v) is 3.06. The summed E-state index contributed by atoms with van der Waals surface area (Å²) < 4.78 is 0. The molecule has 1 unspecified atom stereocenters. The molecule has 0 aliphatic rings. The quantitative estimate of drug-likeness (QED) is 0.511. The lowest BCUT2D eigenvalue weighted by Crippen LogP contribution is -2.34. The van der Waals surface area contributed by atoms with Crippen LogP contribution in [0.2, 0.25) is 0 Å². The monoisotopic (exact) mass is 376 g/mol. The number of fused-ring (bicyclic) bond motifs is 1. The molecule has 0 bridgehead atoms. The van der Waals surface area contributed by atoms with Crippen LogP contribution in [0.3, 0.4) is 0 Å². The van der Waals surface area contributed by atoms with Crippen LogP contribution in [0.25, 0.3) is 10.8 Å². The molecule has 0 aromatic heterocycles. The van der Waals surface area contributed by atoms with Crippen molar-refractivity contribution in [1.82, 2.24) is 0 Å². The number of benzene rings is 2. The minimum atomic E-state index is -0.449. The summed E-state index contributed by atoms with van der Waals surface area (Å²) in [5.74, 6) is -0.124. The summed E-state index contributed by atoms with van der Waals surface area (Å²) in [6.07, 6.45) is 9.75. The van der Waals surface area contributed by atoms with Crippen LogP contribution in [0.15, 0.2) is 36.4 Å². The van der Waals surface area contributed by atoms with E-state index in [0.29, 0.717) is 6.42 Å². The standard InChI is InChI=1S/C22H32N2O.ClH/c1-3-5-6-7-8-9-10-17-11-12-19-16-20(14-13-18(19)15-17)24-22(25)21(23)4-2;/h11-16,21H,3-10,23H2,1-2H3,(H,24,25);1H. The number of carbonyl (C=O) groups excluding carboxylic acids is 1. The summed E-state index contributed by atoms with van der Waals surface area (Å²) in [5.41, 5.74) is 7.98. The van der Waals surface area contributed by atoms with E-state index in [1.807, 2.05) is 19.1 Å². The van der Waals surface area contributed by atoms with Crippen LogP contribution in [-0.2, 0) is 11.2 Å². The molecule has 0 saturated carbocycles. The molecule has 1 amide bonds. The normalized spacial score (nSPS) is 11.8. The highest BCUT2D eigenvalue weighted by Crippen LogP contribution is 2.22. The number of amides is 1. The van der Waals surface area contributed by atoms with Crippen molar-refractivity contribution in [3.05, 3.63) is 42.0 Å². The van der Waals surface area contributed by atoms with Crippen molar-refractivity contribution < 1.29 is 4.79 Å². The largest absolute Gasteiger partial charge is 0.325 e. The molecule has 144 valence electrons. The van der Waals surface area contributed by atoms with Crippen molar-refractivity contribution in [3.8, 4) is 0 Å². The second-order valence-corrected chi connectivity index (χ2v) is 6.92. The van der Waals surface area contributed by atoms with E-state index < -0.39 is 6.04 Å². The molecule has 0 heterocycles. The predicted octanol–water partition coefficient (Wildman–Crippen LogP) is 5.84. The van der Waals surface area contributed by atoms with Crippen molar-refractivity contribution in [2.24, 2.45) is 5.73 Å². The molecule has 2 rings (SSSR count). The minimum Gasteiger partial charge on any atom is -0.325 e. The van der Waals surface area contributed by atoms with E-state index in [1.165, 1.54) is 49.5 Å². The molecule has 4 heteroatoms. The van der Waals surface area contributed by atoms with Gasteiger partial charge in [0.15, 0.2) is 0 Å². The SMILES string of the molecule is CCCCCCCCc1ccc2cc(NC(=O)C(N)CC)ccc2c1.Cl. The van der Waals surface area contributed by atoms with Crippen LogP contribution in [0, 0.1) is 0 Å². The van der Waals surface area contributed by atoms with Crippen molar-refractivity contribution in [2.45, 2.75) is 71.3 Å². The number of unbranched alkanes of at least 4 members (excludes halogenated alkanes) is 5. The van der Waals surface area contributed by atoms with Crippen LogP contribution in [0.1, 0.15) is 64.4 Å². The summed E-state index contributed by atoms with van der Waals surface area (Å²) in [5, 5.41) is 5.27. The first kappa shape index (κ1) is 22.5. The predicted molar refractivity (Wildman–Crippen MR) is 115 cm³/mol. The highest BCUT2D eigenvalue weighted by Gasteiger charge is 2.11. The summed E-state index contributed by atoms with van der Waals surface area (Å²) in [6, 6.07) is 12.2. The maximum Gasteiger partial charge on any atom is 0.241 e. The van der Waals surface area contributed by atoms with Gasteiger partial charge in [-0.1, -0.05) is 70.2 Å². The van der Waals surface area contributed by atoms with Crippen LogP contribution >= 0.6 is 12.4 Å². The Hall–Kier alpha value is -1.58. The number of nitrogens with one attached hydrogen (secondary N) is 1. The van der Waals surface area contributed by atoms with E-state index in [-0.39, 0.29) is 18.3 Å². The maximum absolute atomic E-state index is 11.9. The Labute approximate surface area is 164 Å². The lowest BCUT2D eigenvalue weighted by molar-refractivity contribution is -0.117. The van der Waals surface area contributed by atoms with Gasteiger partial charge in [0, 0.05) is 5.69 Å². The Morgan fingerprint density at radius 1 is 0.962 bits per heavy atom. The number of nitrogens with two attached hydrogens (primary N) is 1. The Morgan fingerprint density at radius 2 is 1.62 bits per heavy atom. The van der Waals surface area contributed by atoms with Gasteiger partial charge in [0.25, 0.3) is 0 Å². The van der Waals surface area contributed by atoms with Gasteiger partial charge in [-0.05, 0) is 47.7 Å². The lowest BCUT2D eigenvalue weighted by atomic mass is 10.0. The smallest absolute Gasteiger partial charge is 0.241 e. The van der Waals surface area contributed by atoms with Gasteiger partial charge < -0.3 is 11.1 Å². The van der Waals surface area contributed by atoms with E-state index in [0.717, 1.165) is 17.5 Å². The molecular formula is C22H33ClN2O. The Balaban J connectivity index is 0.00000338. The molecule has 0 spiro atoms. The van der Waals surface area contributed by atoms with Gasteiger partial charge in [0.2, 0.25) is 5.91 Å². The fourth-order valence-electron chi connectivity index (χ4n) is 3.06. The zero-order valence-corrected chi connectivity index (χ0v) is 16.9. The third-order valence-electron chi connectivity index (χ3n) is 4.77. The van der Waals surface area contributed by atoms with E-state index in [1.54, 1.807) is 0 Å². The van der Waals surface area contributed by atoms with Crippen LogP contribution in [-0.4, -0.2) is 11.9 Å².